The summed E-state index contributed by atoms with van der Waals surface area (Å²) in [4.78, 5) is 26.5. The molecule has 32 heavy (non-hydrogen) atoms. The lowest BCUT2D eigenvalue weighted by Gasteiger charge is -2.42. The third kappa shape index (κ3) is 4.14. The van der Waals surface area contributed by atoms with Crippen LogP contribution in [0.25, 0.3) is 11.0 Å². The Morgan fingerprint density at radius 1 is 1.16 bits per heavy atom. The standard InChI is InChI=1S/C25H28N6O/c1-17-13-20(30(3)25(32)23(27-2)18-7-5-4-6-8-18)16-31(15-17)21-10-9-19(14-26)22-24(21)29-12-11-28-22/h4-12,17,20,23,27H,13,15-16H2,1-3H3/t17-,20+,23-/m0/s1. The molecule has 1 N–H and O–H groups in total. The van der Waals surface area contributed by atoms with Crippen molar-refractivity contribution in [2.75, 3.05) is 32.1 Å². The summed E-state index contributed by atoms with van der Waals surface area (Å²) in [6, 6.07) is 15.5. The number of aromatic nitrogens is 2. The number of benzene rings is 2. The monoisotopic (exact) mass is 428 g/mol. The van der Waals surface area contributed by atoms with Crippen LogP contribution in [0.2, 0.25) is 0 Å². The first-order chi connectivity index (χ1) is 15.5. The van der Waals surface area contributed by atoms with Gasteiger partial charge in [0.05, 0.1) is 11.3 Å². The fraction of sp³-hybridized carbons (Fsp3) is 0.360. The van der Waals surface area contributed by atoms with E-state index in [1.165, 1.54) is 0 Å². The molecule has 2 aromatic carbocycles. The number of carbonyl (C=O) groups is 1. The van der Waals surface area contributed by atoms with Gasteiger partial charge in [0.1, 0.15) is 23.1 Å². The number of rotatable bonds is 5. The fourth-order valence-electron chi connectivity index (χ4n) is 4.65. The lowest BCUT2D eigenvalue weighted by Crippen LogP contribution is -2.53. The van der Waals surface area contributed by atoms with Crippen LogP contribution in [0.3, 0.4) is 0 Å². The van der Waals surface area contributed by atoms with Crippen LogP contribution in [0.5, 0.6) is 0 Å². The van der Waals surface area contributed by atoms with E-state index in [0.717, 1.165) is 29.7 Å². The van der Waals surface area contributed by atoms with Gasteiger partial charge in [-0.25, -0.2) is 0 Å². The molecule has 0 bridgehead atoms. The first-order valence-electron chi connectivity index (χ1n) is 10.9. The summed E-state index contributed by atoms with van der Waals surface area (Å²) in [7, 11) is 3.72. The third-order valence-corrected chi connectivity index (χ3v) is 6.27. The Labute approximate surface area is 188 Å². The normalized spacial score (nSPS) is 19.4. The van der Waals surface area contributed by atoms with Crippen molar-refractivity contribution in [1.29, 1.82) is 5.26 Å². The highest BCUT2D eigenvalue weighted by Gasteiger charge is 2.33. The molecule has 0 aliphatic carbocycles. The SMILES string of the molecule is CN[C@H](C(=O)N(C)[C@@H]1C[C@H](C)CN(c2ccc(C#N)c3nccnc23)C1)c1ccccc1. The molecule has 1 fully saturated rings. The molecule has 7 nitrogen and oxygen atoms in total. The van der Waals surface area contributed by atoms with E-state index in [0.29, 0.717) is 23.5 Å². The van der Waals surface area contributed by atoms with Gasteiger partial charge in [-0.1, -0.05) is 37.3 Å². The van der Waals surface area contributed by atoms with Crippen molar-refractivity contribution in [2.45, 2.75) is 25.4 Å². The van der Waals surface area contributed by atoms with Crippen LogP contribution >= 0.6 is 0 Å². The van der Waals surface area contributed by atoms with E-state index >= 15 is 0 Å². The van der Waals surface area contributed by atoms with Crippen LogP contribution in [0.1, 0.15) is 30.5 Å². The molecule has 1 saturated heterocycles. The van der Waals surface area contributed by atoms with Crippen molar-refractivity contribution >= 4 is 22.6 Å². The number of anilines is 1. The van der Waals surface area contributed by atoms with Crippen LogP contribution < -0.4 is 10.2 Å². The van der Waals surface area contributed by atoms with Gasteiger partial charge in [0, 0.05) is 38.6 Å². The van der Waals surface area contributed by atoms with Crippen molar-refractivity contribution in [3.8, 4) is 6.07 Å². The van der Waals surface area contributed by atoms with Crippen LogP contribution in [0.4, 0.5) is 5.69 Å². The van der Waals surface area contributed by atoms with Crippen molar-refractivity contribution in [2.24, 2.45) is 5.92 Å². The number of fused-ring (bicyclic) bond motifs is 1. The van der Waals surface area contributed by atoms with Crippen molar-refractivity contribution in [1.82, 2.24) is 20.2 Å². The minimum absolute atomic E-state index is 0.0576. The summed E-state index contributed by atoms with van der Waals surface area (Å²) in [6.07, 6.45) is 4.21. The third-order valence-electron chi connectivity index (χ3n) is 6.27. The van der Waals surface area contributed by atoms with Gasteiger partial charge in [0.25, 0.3) is 0 Å². The summed E-state index contributed by atoms with van der Waals surface area (Å²) in [5.41, 5.74) is 3.78. The highest BCUT2D eigenvalue weighted by molar-refractivity contribution is 5.92. The van der Waals surface area contributed by atoms with Gasteiger partial charge in [0.15, 0.2) is 0 Å². The Hall–Kier alpha value is -3.50. The van der Waals surface area contributed by atoms with Crippen molar-refractivity contribution in [3.63, 3.8) is 0 Å². The number of nitrogens with zero attached hydrogens (tertiary/aromatic N) is 5. The minimum atomic E-state index is -0.381. The zero-order valence-corrected chi connectivity index (χ0v) is 18.7. The maximum Gasteiger partial charge on any atom is 0.244 e. The van der Waals surface area contributed by atoms with E-state index in [9.17, 15) is 10.1 Å². The quantitative estimate of drug-likeness (QED) is 0.672. The van der Waals surface area contributed by atoms with Crippen molar-refractivity contribution in [3.05, 3.63) is 66.0 Å². The zero-order valence-electron chi connectivity index (χ0n) is 18.7. The number of likely N-dealkylation sites (N-methyl/N-ethyl adjacent to an activating group) is 2. The maximum atomic E-state index is 13.4. The van der Waals surface area contributed by atoms with E-state index in [4.69, 9.17) is 0 Å². The van der Waals surface area contributed by atoms with Crippen LogP contribution in [-0.4, -0.2) is 54.0 Å². The summed E-state index contributed by atoms with van der Waals surface area (Å²) < 4.78 is 0. The molecular weight excluding hydrogens is 400 g/mol. The van der Waals surface area contributed by atoms with Gasteiger partial charge in [0.2, 0.25) is 5.91 Å². The molecule has 1 aliphatic heterocycles. The lowest BCUT2D eigenvalue weighted by atomic mass is 9.93. The molecule has 164 valence electrons. The molecule has 3 aromatic rings. The molecule has 4 rings (SSSR count). The molecule has 2 heterocycles. The molecule has 7 heteroatoms. The molecule has 1 aliphatic rings. The van der Waals surface area contributed by atoms with E-state index in [-0.39, 0.29) is 18.0 Å². The molecule has 3 atom stereocenters. The Morgan fingerprint density at radius 2 is 1.88 bits per heavy atom. The second-order valence-electron chi connectivity index (χ2n) is 8.48. The van der Waals surface area contributed by atoms with E-state index < -0.39 is 0 Å². The van der Waals surface area contributed by atoms with Crippen LogP contribution in [-0.2, 0) is 4.79 Å². The van der Waals surface area contributed by atoms with Crippen molar-refractivity contribution < 1.29 is 4.79 Å². The summed E-state index contributed by atoms with van der Waals surface area (Å²) in [5, 5.41) is 12.6. The topological polar surface area (TPSA) is 85.2 Å². The number of amides is 1. The van der Waals surface area contributed by atoms with Gasteiger partial charge in [-0.2, -0.15) is 5.26 Å². The molecular formula is C25H28N6O. The Balaban J connectivity index is 1.61. The van der Waals surface area contributed by atoms with Crippen LogP contribution in [0.15, 0.2) is 54.9 Å². The number of hydrogen-bond donors (Lipinski definition) is 1. The fourth-order valence-corrected chi connectivity index (χ4v) is 4.65. The smallest absolute Gasteiger partial charge is 0.244 e. The van der Waals surface area contributed by atoms with E-state index in [1.807, 2.05) is 61.5 Å². The molecule has 1 amide bonds. The first-order valence-corrected chi connectivity index (χ1v) is 10.9. The Morgan fingerprint density at radius 3 is 2.56 bits per heavy atom. The molecule has 0 spiro atoms. The number of nitriles is 1. The van der Waals surface area contributed by atoms with Gasteiger partial charge >= 0.3 is 0 Å². The highest BCUT2D eigenvalue weighted by Crippen LogP contribution is 2.31. The second kappa shape index (κ2) is 9.33. The Kier molecular flexibility index (Phi) is 6.33. The maximum absolute atomic E-state index is 13.4. The molecule has 1 aromatic heterocycles. The predicted octanol–water partition coefficient (Wildman–Crippen LogP) is 3.14. The predicted molar refractivity (Wildman–Crippen MR) is 125 cm³/mol. The summed E-state index contributed by atoms with van der Waals surface area (Å²) >= 11 is 0. The minimum Gasteiger partial charge on any atom is -0.367 e. The van der Waals surface area contributed by atoms with Gasteiger partial charge < -0.3 is 15.1 Å². The number of piperidine rings is 1. The zero-order chi connectivity index (χ0) is 22.7. The average Bonchev–Trinajstić information content (AvgIpc) is 2.83. The lowest BCUT2D eigenvalue weighted by molar-refractivity contribution is -0.134. The van der Waals surface area contributed by atoms with Gasteiger partial charge in [-0.3, -0.25) is 14.8 Å². The number of nitrogens with one attached hydrogen (secondary N) is 1. The molecule has 0 radical (unpaired) electrons. The number of hydrogen-bond acceptors (Lipinski definition) is 6. The Bertz CT molecular complexity index is 1140. The van der Waals surface area contributed by atoms with Gasteiger partial charge in [-0.15, -0.1) is 0 Å². The second-order valence-corrected chi connectivity index (χ2v) is 8.48. The van der Waals surface area contributed by atoms with Gasteiger partial charge in [-0.05, 0) is 37.1 Å². The highest BCUT2D eigenvalue weighted by atomic mass is 16.2. The first kappa shape index (κ1) is 21.7. The van der Waals surface area contributed by atoms with Crippen LogP contribution in [0, 0.1) is 17.2 Å². The van der Waals surface area contributed by atoms with E-state index in [2.05, 4.69) is 33.2 Å². The molecule has 0 unspecified atom stereocenters. The van der Waals surface area contributed by atoms with E-state index in [1.54, 1.807) is 12.4 Å². The molecule has 0 saturated carbocycles. The summed E-state index contributed by atoms with van der Waals surface area (Å²) in [5.74, 6) is 0.457. The summed E-state index contributed by atoms with van der Waals surface area (Å²) in [6.45, 7) is 3.78. The average molecular weight is 429 g/mol. The largest absolute Gasteiger partial charge is 0.367 e. The number of carbonyl (C=O) groups excluding carboxylic acids is 1.